The highest BCUT2D eigenvalue weighted by molar-refractivity contribution is 5.77. The Morgan fingerprint density at radius 3 is 1.72 bits per heavy atom. The fourth-order valence-corrected chi connectivity index (χ4v) is 3.63. The number of rotatable bonds is 23. The molecule has 0 saturated carbocycles. The Kier molecular flexibility index (Phi) is 21.8. The third-order valence-electron chi connectivity index (χ3n) is 5.69. The van der Waals surface area contributed by atoms with Gasteiger partial charge in [-0.05, 0) is 46.2 Å². The van der Waals surface area contributed by atoms with Crippen molar-refractivity contribution in [2.75, 3.05) is 46.8 Å². The number of hydrogen-bond acceptors (Lipinski definition) is 4. The Labute approximate surface area is 197 Å². The van der Waals surface area contributed by atoms with E-state index in [-0.39, 0.29) is 12.5 Å². The molecule has 188 valence electrons. The van der Waals surface area contributed by atoms with Crippen molar-refractivity contribution in [2.24, 2.45) is 0 Å². The monoisotopic (exact) mass is 453 g/mol. The lowest BCUT2D eigenvalue weighted by Gasteiger charge is -2.20. The average molecular weight is 454 g/mol. The molecule has 0 bridgehead atoms. The molecule has 0 aromatic heterocycles. The zero-order valence-corrected chi connectivity index (χ0v) is 21.2. The molecule has 0 unspecified atom stereocenters. The second-order valence-corrected chi connectivity index (χ2v) is 9.16. The minimum absolute atomic E-state index is 0.0238. The van der Waals surface area contributed by atoms with Gasteiger partial charge in [-0.15, -0.1) is 0 Å². The number of amides is 1. The quantitative estimate of drug-likeness (QED) is 0.167. The molecule has 0 saturated heterocycles. The van der Waals surface area contributed by atoms with Gasteiger partial charge in [0.15, 0.2) is 0 Å². The van der Waals surface area contributed by atoms with Crippen LogP contribution < -0.4 is 5.32 Å². The minimum atomic E-state index is -0.830. The number of carboxylic acid groups (broad SMARTS) is 1. The van der Waals surface area contributed by atoms with Crippen LogP contribution in [0.15, 0.2) is 12.2 Å². The van der Waals surface area contributed by atoms with Gasteiger partial charge in [-0.1, -0.05) is 76.9 Å². The molecule has 6 nitrogen and oxygen atoms in total. The highest BCUT2D eigenvalue weighted by Gasteiger charge is 2.08. The first-order valence-electron chi connectivity index (χ1n) is 13.0. The van der Waals surface area contributed by atoms with E-state index < -0.39 is 5.97 Å². The Morgan fingerprint density at radius 2 is 1.19 bits per heavy atom. The molecule has 0 heterocycles. The van der Waals surface area contributed by atoms with Gasteiger partial charge < -0.3 is 10.4 Å². The van der Waals surface area contributed by atoms with Crippen LogP contribution in [-0.2, 0) is 9.59 Å². The van der Waals surface area contributed by atoms with Gasteiger partial charge in [-0.3, -0.25) is 19.4 Å². The van der Waals surface area contributed by atoms with Crippen LogP contribution in [0.3, 0.4) is 0 Å². The summed E-state index contributed by atoms with van der Waals surface area (Å²) in [5, 5.41) is 11.7. The van der Waals surface area contributed by atoms with E-state index in [1.54, 1.807) is 11.9 Å². The van der Waals surface area contributed by atoms with E-state index in [1.807, 2.05) is 11.9 Å². The van der Waals surface area contributed by atoms with Crippen molar-refractivity contribution in [3.63, 3.8) is 0 Å². The van der Waals surface area contributed by atoms with Crippen molar-refractivity contribution < 1.29 is 14.7 Å². The van der Waals surface area contributed by atoms with E-state index in [0.29, 0.717) is 19.6 Å². The maximum Gasteiger partial charge on any atom is 0.317 e. The zero-order valence-electron chi connectivity index (χ0n) is 21.2. The Balaban J connectivity index is 3.39. The number of allylic oxidation sites excluding steroid dienone is 2. The standard InChI is InChI=1S/C26H51N3O3/c1-4-5-6-7-8-9-10-11-12-13-14-15-16-17-18-19-20-27-25(30)23-28(2)21-22-29(3)24-26(31)32/h11-12H,4-10,13-24H2,1-3H3,(H,27,30)(H,31,32)/b12-11-. The molecule has 0 aromatic carbocycles. The van der Waals surface area contributed by atoms with Crippen LogP contribution in [0.1, 0.15) is 96.8 Å². The molecule has 2 N–H and O–H groups in total. The first-order valence-corrected chi connectivity index (χ1v) is 13.0. The molecule has 32 heavy (non-hydrogen) atoms. The van der Waals surface area contributed by atoms with Crippen LogP contribution in [0.4, 0.5) is 0 Å². The molecule has 1 amide bonds. The Hall–Kier alpha value is -1.40. The summed E-state index contributed by atoms with van der Waals surface area (Å²) in [7, 11) is 3.66. The Bertz CT molecular complexity index is 483. The summed E-state index contributed by atoms with van der Waals surface area (Å²) >= 11 is 0. The molecule has 0 aliphatic rings. The maximum atomic E-state index is 12.0. The summed E-state index contributed by atoms with van der Waals surface area (Å²) in [6.07, 6.45) is 22.8. The summed E-state index contributed by atoms with van der Waals surface area (Å²) in [6, 6.07) is 0. The van der Waals surface area contributed by atoms with E-state index in [9.17, 15) is 9.59 Å². The fourth-order valence-electron chi connectivity index (χ4n) is 3.63. The van der Waals surface area contributed by atoms with Crippen LogP contribution in [0.2, 0.25) is 0 Å². The van der Waals surface area contributed by atoms with E-state index >= 15 is 0 Å². The third-order valence-corrected chi connectivity index (χ3v) is 5.69. The van der Waals surface area contributed by atoms with E-state index in [4.69, 9.17) is 5.11 Å². The lowest BCUT2D eigenvalue weighted by Crippen LogP contribution is -2.39. The number of unbranched alkanes of at least 4 members (excludes halogenated alkanes) is 12. The summed E-state index contributed by atoms with van der Waals surface area (Å²) in [4.78, 5) is 26.3. The molecule has 0 fully saturated rings. The molecule has 6 heteroatoms. The van der Waals surface area contributed by atoms with Crippen molar-refractivity contribution >= 4 is 11.9 Å². The predicted molar refractivity (Wildman–Crippen MR) is 135 cm³/mol. The fraction of sp³-hybridized carbons (Fsp3) is 0.846. The number of carbonyl (C=O) groups is 2. The van der Waals surface area contributed by atoms with Gasteiger partial charge in [-0.2, -0.15) is 0 Å². The summed E-state index contributed by atoms with van der Waals surface area (Å²) < 4.78 is 0. The van der Waals surface area contributed by atoms with E-state index in [1.165, 1.54) is 83.5 Å². The van der Waals surface area contributed by atoms with Gasteiger partial charge in [0.25, 0.3) is 0 Å². The predicted octanol–water partition coefficient (Wildman–Crippen LogP) is 5.09. The first kappa shape index (κ1) is 30.6. The summed E-state index contributed by atoms with van der Waals surface area (Å²) in [6.45, 7) is 4.69. The van der Waals surface area contributed by atoms with Gasteiger partial charge in [0.2, 0.25) is 5.91 Å². The molecule has 0 rings (SSSR count). The van der Waals surface area contributed by atoms with Crippen LogP contribution in [0.5, 0.6) is 0 Å². The molecule has 0 spiro atoms. The van der Waals surface area contributed by atoms with Gasteiger partial charge in [0.1, 0.15) is 0 Å². The Morgan fingerprint density at radius 1 is 0.719 bits per heavy atom. The average Bonchev–Trinajstić information content (AvgIpc) is 2.74. The van der Waals surface area contributed by atoms with E-state index in [2.05, 4.69) is 24.4 Å². The SMILES string of the molecule is CCCCCCCC/C=C\CCCCCCCCNC(=O)CN(C)CCN(C)CC(=O)O. The number of hydrogen-bond donors (Lipinski definition) is 2. The maximum absolute atomic E-state index is 12.0. The number of aliphatic carboxylic acids is 1. The van der Waals surface area contributed by atoms with Crippen molar-refractivity contribution in [1.82, 2.24) is 15.1 Å². The highest BCUT2D eigenvalue weighted by atomic mass is 16.4. The molecule has 0 radical (unpaired) electrons. The molecular weight excluding hydrogens is 402 g/mol. The van der Waals surface area contributed by atoms with Crippen molar-refractivity contribution in [3.05, 3.63) is 12.2 Å². The summed E-state index contributed by atoms with van der Waals surface area (Å²) in [5.41, 5.74) is 0. The van der Waals surface area contributed by atoms with Crippen LogP contribution in [0, 0.1) is 0 Å². The third kappa shape index (κ3) is 23.3. The smallest absolute Gasteiger partial charge is 0.317 e. The molecular formula is C26H51N3O3. The lowest BCUT2D eigenvalue weighted by molar-refractivity contribution is -0.138. The number of likely N-dealkylation sites (N-methyl/N-ethyl adjacent to an activating group) is 2. The van der Waals surface area contributed by atoms with Gasteiger partial charge >= 0.3 is 5.97 Å². The topological polar surface area (TPSA) is 72.9 Å². The van der Waals surface area contributed by atoms with Crippen molar-refractivity contribution in [1.29, 1.82) is 0 Å². The lowest BCUT2D eigenvalue weighted by atomic mass is 10.1. The van der Waals surface area contributed by atoms with Crippen LogP contribution in [-0.4, -0.2) is 73.6 Å². The first-order chi connectivity index (χ1) is 15.5. The van der Waals surface area contributed by atoms with Crippen molar-refractivity contribution in [3.8, 4) is 0 Å². The van der Waals surface area contributed by atoms with Gasteiger partial charge in [-0.25, -0.2) is 0 Å². The molecule has 0 aliphatic heterocycles. The van der Waals surface area contributed by atoms with E-state index in [0.717, 1.165) is 13.0 Å². The van der Waals surface area contributed by atoms with Gasteiger partial charge in [0, 0.05) is 19.6 Å². The molecule has 0 aliphatic carbocycles. The normalized spacial score (nSPS) is 11.7. The van der Waals surface area contributed by atoms with Gasteiger partial charge in [0.05, 0.1) is 13.1 Å². The number of carboxylic acids is 1. The summed E-state index contributed by atoms with van der Waals surface area (Å²) in [5.74, 6) is -0.787. The minimum Gasteiger partial charge on any atom is -0.480 e. The number of carbonyl (C=O) groups excluding carboxylic acids is 1. The number of nitrogens with one attached hydrogen (secondary N) is 1. The molecule has 0 atom stereocenters. The zero-order chi connectivity index (χ0) is 23.9. The van der Waals surface area contributed by atoms with Crippen LogP contribution in [0.25, 0.3) is 0 Å². The largest absolute Gasteiger partial charge is 0.480 e. The molecule has 0 aromatic rings. The number of nitrogens with zero attached hydrogens (tertiary/aromatic N) is 2. The second-order valence-electron chi connectivity index (χ2n) is 9.16. The van der Waals surface area contributed by atoms with Crippen molar-refractivity contribution in [2.45, 2.75) is 96.8 Å². The second kappa shape index (κ2) is 22.8. The highest BCUT2D eigenvalue weighted by Crippen LogP contribution is 2.09. The van der Waals surface area contributed by atoms with Crippen LogP contribution >= 0.6 is 0 Å².